The molecule has 2 aromatic rings. The van der Waals surface area contributed by atoms with E-state index < -0.39 is 16.8 Å². The number of hydrogen-bond acceptors (Lipinski definition) is 5. The van der Waals surface area contributed by atoms with E-state index >= 15 is 0 Å². The molecule has 1 aromatic heterocycles. The van der Waals surface area contributed by atoms with Crippen molar-refractivity contribution in [1.29, 1.82) is 0 Å². The van der Waals surface area contributed by atoms with Crippen LogP contribution in [0, 0.1) is 15.9 Å². The molecule has 0 aliphatic heterocycles. The van der Waals surface area contributed by atoms with Gasteiger partial charge in [-0.25, -0.2) is 4.39 Å². The first-order valence-electron chi connectivity index (χ1n) is 5.37. The zero-order chi connectivity index (χ0) is 14.0. The van der Waals surface area contributed by atoms with Crippen LogP contribution in [0.3, 0.4) is 0 Å². The van der Waals surface area contributed by atoms with Crippen LogP contribution in [0.25, 0.3) is 0 Å². The fraction of sp³-hybridized carbons (Fsp3) is 0.167. The number of halogens is 1. The Morgan fingerprint density at radius 3 is 2.58 bits per heavy atom. The van der Waals surface area contributed by atoms with Crippen LogP contribution in [0.2, 0.25) is 0 Å². The van der Waals surface area contributed by atoms with Crippen LogP contribution in [0.5, 0.6) is 10.8 Å². The number of benzene rings is 1. The molecule has 0 bridgehead atoms. The number of aliphatic hydroxyl groups excluding tert-OH is 1. The van der Waals surface area contributed by atoms with Gasteiger partial charge in [0.15, 0.2) is 0 Å². The molecule has 0 saturated carbocycles. The van der Waals surface area contributed by atoms with E-state index in [0.717, 1.165) is 11.3 Å². The van der Waals surface area contributed by atoms with Crippen LogP contribution in [-0.2, 0) is 0 Å². The first-order chi connectivity index (χ1) is 8.97. The molecular weight excluding hydrogens is 273 g/mol. The molecule has 0 aliphatic carbocycles. The van der Waals surface area contributed by atoms with Gasteiger partial charge < -0.3 is 9.84 Å². The van der Waals surface area contributed by atoms with Gasteiger partial charge in [-0.1, -0.05) is 11.3 Å². The minimum atomic E-state index is -0.811. The Hall–Kier alpha value is -1.99. The third-order valence-electron chi connectivity index (χ3n) is 2.33. The van der Waals surface area contributed by atoms with Crippen molar-refractivity contribution in [3.63, 3.8) is 0 Å². The van der Waals surface area contributed by atoms with E-state index in [-0.39, 0.29) is 10.8 Å². The summed E-state index contributed by atoms with van der Waals surface area (Å²) in [6.07, 6.45) is -0.811. The second-order valence-electron chi connectivity index (χ2n) is 3.81. The Morgan fingerprint density at radius 1 is 1.42 bits per heavy atom. The summed E-state index contributed by atoms with van der Waals surface area (Å²) in [7, 11) is 0. The van der Waals surface area contributed by atoms with Crippen molar-refractivity contribution < 1.29 is 19.2 Å². The van der Waals surface area contributed by atoms with Gasteiger partial charge in [0.2, 0.25) is 0 Å². The number of thiophene rings is 1. The molecule has 1 heterocycles. The largest absolute Gasteiger partial charge is 0.440 e. The van der Waals surface area contributed by atoms with E-state index in [1.807, 2.05) is 0 Å². The summed E-state index contributed by atoms with van der Waals surface area (Å²) in [4.78, 5) is 10.7. The van der Waals surface area contributed by atoms with Crippen molar-refractivity contribution in [2.24, 2.45) is 0 Å². The van der Waals surface area contributed by atoms with Crippen LogP contribution in [-0.4, -0.2) is 10.0 Å². The van der Waals surface area contributed by atoms with E-state index in [2.05, 4.69) is 0 Å². The number of ether oxygens (including phenoxy) is 1. The number of aliphatic hydroxyl groups is 1. The Kier molecular flexibility index (Phi) is 3.77. The Bertz CT molecular complexity index is 594. The van der Waals surface area contributed by atoms with Gasteiger partial charge in [-0.15, -0.1) is 0 Å². The van der Waals surface area contributed by atoms with Gasteiger partial charge in [0.05, 0.1) is 11.0 Å². The topological polar surface area (TPSA) is 72.6 Å². The number of rotatable bonds is 4. The molecule has 1 aromatic carbocycles. The van der Waals surface area contributed by atoms with Crippen LogP contribution in [0.4, 0.5) is 10.1 Å². The molecule has 1 atom stereocenters. The maximum atomic E-state index is 12.7. The standard InChI is InChI=1S/C12H10FNO4S/c1-7(15)11-6-10(14(16)17)12(19-11)18-9-4-2-8(13)3-5-9/h2-7,15H,1H3/t7-/m0/s1. The van der Waals surface area contributed by atoms with Crippen LogP contribution < -0.4 is 4.74 Å². The average Bonchev–Trinajstić information content (AvgIpc) is 2.76. The molecule has 0 saturated heterocycles. The predicted molar refractivity (Wildman–Crippen MR) is 68.1 cm³/mol. The van der Waals surface area contributed by atoms with Crippen LogP contribution >= 0.6 is 11.3 Å². The lowest BCUT2D eigenvalue weighted by Crippen LogP contribution is -1.89. The fourth-order valence-corrected chi connectivity index (χ4v) is 2.33. The normalized spacial score (nSPS) is 12.2. The third-order valence-corrected chi connectivity index (χ3v) is 3.50. The summed E-state index contributed by atoms with van der Waals surface area (Å²) in [6, 6.07) is 6.42. The first-order valence-corrected chi connectivity index (χ1v) is 6.18. The average molecular weight is 283 g/mol. The molecule has 1 N–H and O–H groups in total. The lowest BCUT2D eigenvalue weighted by molar-refractivity contribution is -0.385. The zero-order valence-electron chi connectivity index (χ0n) is 9.87. The Balaban J connectivity index is 2.33. The second kappa shape index (κ2) is 5.33. The van der Waals surface area contributed by atoms with Crippen molar-refractivity contribution in [1.82, 2.24) is 0 Å². The quantitative estimate of drug-likeness (QED) is 0.686. The molecule has 0 unspecified atom stereocenters. The summed E-state index contributed by atoms with van der Waals surface area (Å²) in [5.74, 6) is -0.124. The van der Waals surface area contributed by atoms with Crippen molar-refractivity contribution in [3.05, 3.63) is 51.1 Å². The molecule has 19 heavy (non-hydrogen) atoms. The highest BCUT2D eigenvalue weighted by atomic mass is 32.1. The minimum absolute atomic E-state index is 0.0625. The van der Waals surface area contributed by atoms with E-state index in [4.69, 9.17) is 4.74 Å². The second-order valence-corrected chi connectivity index (χ2v) is 4.86. The summed E-state index contributed by atoms with van der Waals surface area (Å²) in [6.45, 7) is 1.51. The SMILES string of the molecule is C[C@H](O)c1cc([N+](=O)[O-])c(Oc2ccc(F)cc2)s1. The van der Waals surface area contributed by atoms with Gasteiger partial charge in [-0.3, -0.25) is 10.1 Å². The van der Waals surface area contributed by atoms with Crippen molar-refractivity contribution >= 4 is 17.0 Å². The van der Waals surface area contributed by atoms with E-state index in [1.165, 1.54) is 37.3 Å². The minimum Gasteiger partial charge on any atom is -0.440 e. The van der Waals surface area contributed by atoms with E-state index in [1.54, 1.807) is 0 Å². The monoisotopic (exact) mass is 283 g/mol. The van der Waals surface area contributed by atoms with Gasteiger partial charge in [0.25, 0.3) is 5.06 Å². The fourth-order valence-electron chi connectivity index (χ4n) is 1.40. The molecular formula is C12H10FNO4S. The van der Waals surface area contributed by atoms with Gasteiger partial charge in [0, 0.05) is 10.9 Å². The van der Waals surface area contributed by atoms with Crippen molar-refractivity contribution in [2.75, 3.05) is 0 Å². The first kappa shape index (κ1) is 13.4. The third kappa shape index (κ3) is 3.07. The molecule has 0 fully saturated rings. The lowest BCUT2D eigenvalue weighted by atomic mass is 10.3. The van der Waals surface area contributed by atoms with E-state index in [0.29, 0.717) is 10.6 Å². The summed E-state index contributed by atoms with van der Waals surface area (Å²) in [5.41, 5.74) is -0.217. The Labute approximate surface area is 112 Å². The molecule has 0 amide bonds. The summed E-state index contributed by atoms with van der Waals surface area (Å²) < 4.78 is 18.1. The number of hydrogen-bond donors (Lipinski definition) is 1. The van der Waals surface area contributed by atoms with Gasteiger partial charge in [-0.2, -0.15) is 0 Å². The van der Waals surface area contributed by atoms with Crippen molar-refractivity contribution in [3.8, 4) is 10.8 Å². The number of nitro groups is 1. The highest BCUT2D eigenvalue weighted by Crippen LogP contribution is 2.41. The van der Waals surface area contributed by atoms with Crippen LogP contribution in [0.1, 0.15) is 17.9 Å². The smallest absolute Gasteiger partial charge is 0.323 e. The van der Waals surface area contributed by atoms with Gasteiger partial charge in [-0.05, 0) is 31.2 Å². The molecule has 2 rings (SSSR count). The molecule has 5 nitrogen and oxygen atoms in total. The lowest BCUT2D eigenvalue weighted by Gasteiger charge is -2.02. The van der Waals surface area contributed by atoms with Gasteiger partial charge in [0.1, 0.15) is 11.6 Å². The molecule has 0 spiro atoms. The highest BCUT2D eigenvalue weighted by Gasteiger charge is 2.23. The predicted octanol–water partition coefficient (Wildman–Crippen LogP) is 3.64. The molecule has 0 aliphatic rings. The van der Waals surface area contributed by atoms with Crippen LogP contribution in [0.15, 0.2) is 30.3 Å². The summed E-state index contributed by atoms with van der Waals surface area (Å²) in [5, 5.41) is 20.4. The molecule has 7 heteroatoms. The van der Waals surface area contributed by atoms with E-state index in [9.17, 15) is 19.6 Å². The van der Waals surface area contributed by atoms with Gasteiger partial charge >= 0.3 is 5.69 Å². The maximum absolute atomic E-state index is 12.7. The Morgan fingerprint density at radius 2 is 2.05 bits per heavy atom. The highest BCUT2D eigenvalue weighted by molar-refractivity contribution is 7.14. The van der Waals surface area contributed by atoms with Crippen molar-refractivity contribution in [2.45, 2.75) is 13.0 Å². The maximum Gasteiger partial charge on any atom is 0.323 e. The number of nitrogens with zero attached hydrogens (tertiary/aromatic N) is 1. The molecule has 0 radical (unpaired) electrons. The zero-order valence-corrected chi connectivity index (χ0v) is 10.7. The summed E-state index contributed by atoms with van der Waals surface area (Å²) >= 11 is 0.987. The molecule has 100 valence electrons.